The maximum absolute atomic E-state index is 13.2. The van der Waals surface area contributed by atoms with Gasteiger partial charge < -0.3 is 19.9 Å². The predicted octanol–water partition coefficient (Wildman–Crippen LogP) is 5.58. The van der Waals surface area contributed by atoms with Crippen molar-refractivity contribution in [1.82, 2.24) is 9.88 Å². The molecule has 1 aliphatic heterocycles. The van der Waals surface area contributed by atoms with Gasteiger partial charge in [-0.2, -0.15) is 18.4 Å². The standard InChI is InChI=1S/C28H30F3N5O2S/c1-18-2-9-25-24(14-18)34-27(39-25)36-12-10-35(11-13-36)26(37)17-38-22-7-5-20(6-8-22)33-21-4-3-19(16-32)23(15-21)28(29,30)31/h2-4,9,14-15,20,22,33H,5-8,10-13,17H2,1H3. The summed E-state index contributed by atoms with van der Waals surface area (Å²) in [5, 5.41) is 13.1. The zero-order chi connectivity index (χ0) is 27.6. The minimum absolute atomic E-state index is 0.00840. The molecule has 2 heterocycles. The van der Waals surface area contributed by atoms with Crippen LogP contribution in [-0.2, 0) is 15.7 Å². The average molecular weight is 558 g/mol. The molecule has 3 aromatic rings. The highest BCUT2D eigenvalue weighted by Crippen LogP contribution is 2.34. The molecule has 0 bridgehead atoms. The third kappa shape index (κ3) is 6.45. The molecule has 1 N–H and O–H groups in total. The first-order chi connectivity index (χ1) is 18.7. The van der Waals surface area contributed by atoms with Crippen molar-refractivity contribution in [2.24, 2.45) is 0 Å². The molecule has 0 unspecified atom stereocenters. The van der Waals surface area contributed by atoms with E-state index in [1.165, 1.54) is 17.7 Å². The summed E-state index contributed by atoms with van der Waals surface area (Å²) in [5.41, 5.74) is 1.23. The summed E-state index contributed by atoms with van der Waals surface area (Å²) < 4.78 is 46.8. The number of nitrogens with one attached hydrogen (secondary N) is 1. The Balaban J connectivity index is 1.05. The second kappa shape index (κ2) is 11.4. The third-order valence-corrected chi connectivity index (χ3v) is 8.46. The van der Waals surface area contributed by atoms with Crippen molar-refractivity contribution in [2.45, 2.75) is 50.9 Å². The first-order valence-electron chi connectivity index (χ1n) is 13.1. The molecule has 2 aromatic carbocycles. The number of anilines is 2. The van der Waals surface area contributed by atoms with Crippen LogP contribution in [0.15, 0.2) is 36.4 Å². The maximum Gasteiger partial charge on any atom is 0.417 e. The Kier molecular flexibility index (Phi) is 7.96. The summed E-state index contributed by atoms with van der Waals surface area (Å²) in [6, 6.07) is 11.6. The molecule has 206 valence electrons. The summed E-state index contributed by atoms with van der Waals surface area (Å²) in [5.74, 6) is -0.0212. The molecule has 1 saturated carbocycles. The molecule has 7 nitrogen and oxygen atoms in total. The highest BCUT2D eigenvalue weighted by molar-refractivity contribution is 7.22. The number of piperazine rings is 1. The first-order valence-corrected chi connectivity index (χ1v) is 13.9. The molecule has 5 rings (SSSR count). The lowest BCUT2D eigenvalue weighted by atomic mass is 9.92. The van der Waals surface area contributed by atoms with Crippen LogP contribution in [0.2, 0.25) is 0 Å². The number of carbonyl (C=O) groups is 1. The van der Waals surface area contributed by atoms with E-state index < -0.39 is 11.7 Å². The fourth-order valence-electron chi connectivity index (χ4n) is 5.16. The number of amides is 1. The Labute approximate surface area is 229 Å². The van der Waals surface area contributed by atoms with E-state index in [4.69, 9.17) is 15.0 Å². The molecule has 0 radical (unpaired) electrons. The van der Waals surface area contributed by atoms with E-state index in [9.17, 15) is 18.0 Å². The van der Waals surface area contributed by atoms with Gasteiger partial charge in [-0.25, -0.2) is 4.98 Å². The van der Waals surface area contributed by atoms with Crippen LogP contribution < -0.4 is 10.2 Å². The zero-order valence-corrected chi connectivity index (χ0v) is 22.4. The Morgan fingerprint density at radius 3 is 2.56 bits per heavy atom. The van der Waals surface area contributed by atoms with Crippen molar-refractivity contribution in [1.29, 1.82) is 5.26 Å². The van der Waals surface area contributed by atoms with E-state index in [2.05, 4.69) is 35.3 Å². The van der Waals surface area contributed by atoms with E-state index >= 15 is 0 Å². The number of carbonyl (C=O) groups excluding carboxylic acids is 1. The van der Waals surface area contributed by atoms with Gasteiger partial charge in [0.1, 0.15) is 6.61 Å². The lowest BCUT2D eigenvalue weighted by molar-refractivity contribution is -0.139. The number of ether oxygens (including phenoxy) is 1. The fraction of sp³-hybridized carbons (Fsp3) is 0.464. The SMILES string of the molecule is Cc1ccc2sc(N3CCN(C(=O)COC4CCC(Nc5ccc(C#N)c(C(F)(F)F)c5)CC4)CC3)nc2c1. The average Bonchev–Trinajstić information content (AvgIpc) is 3.35. The predicted molar refractivity (Wildman–Crippen MR) is 145 cm³/mol. The molecule has 2 fully saturated rings. The topological polar surface area (TPSA) is 81.5 Å². The summed E-state index contributed by atoms with van der Waals surface area (Å²) in [7, 11) is 0. The highest BCUT2D eigenvalue weighted by Gasteiger charge is 2.34. The highest BCUT2D eigenvalue weighted by atomic mass is 32.1. The minimum Gasteiger partial charge on any atom is -0.382 e. The summed E-state index contributed by atoms with van der Waals surface area (Å²) in [6.07, 6.45) is -1.74. The Morgan fingerprint density at radius 1 is 1.13 bits per heavy atom. The van der Waals surface area contributed by atoms with Crippen molar-refractivity contribution in [2.75, 3.05) is 43.0 Å². The number of benzene rings is 2. The van der Waals surface area contributed by atoms with Gasteiger partial charge in [-0.05, 0) is 68.5 Å². The van der Waals surface area contributed by atoms with Gasteiger partial charge in [0, 0.05) is 37.9 Å². The van der Waals surface area contributed by atoms with Gasteiger partial charge in [-0.15, -0.1) is 0 Å². The zero-order valence-electron chi connectivity index (χ0n) is 21.6. The van der Waals surface area contributed by atoms with Crippen molar-refractivity contribution < 1.29 is 22.7 Å². The molecular weight excluding hydrogens is 527 g/mol. The number of nitriles is 1. The number of aromatic nitrogens is 1. The molecular formula is C28H30F3N5O2S. The molecule has 1 aliphatic carbocycles. The lowest BCUT2D eigenvalue weighted by Gasteiger charge is -2.35. The van der Waals surface area contributed by atoms with Crippen molar-refractivity contribution in [3.8, 4) is 6.07 Å². The quantitative estimate of drug-likeness (QED) is 0.426. The molecule has 2 aliphatic rings. The van der Waals surface area contributed by atoms with E-state index in [-0.39, 0.29) is 30.2 Å². The van der Waals surface area contributed by atoms with Crippen LogP contribution in [0, 0.1) is 18.3 Å². The van der Waals surface area contributed by atoms with E-state index in [0.717, 1.165) is 60.2 Å². The van der Waals surface area contributed by atoms with Gasteiger partial charge >= 0.3 is 6.18 Å². The van der Waals surface area contributed by atoms with Gasteiger partial charge in [-0.3, -0.25) is 4.79 Å². The normalized spacial score (nSPS) is 20.2. The monoisotopic (exact) mass is 557 g/mol. The van der Waals surface area contributed by atoms with Gasteiger partial charge in [0.05, 0.1) is 33.5 Å². The number of aryl methyl sites for hydroxylation is 1. The molecule has 11 heteroatoms. The molecule has 1 saturated heterocycles. The molecule has 0 atom stereocenters. The number of fused-ring (bicyclic) bond motifs is 1. The van der Waals surface area contributed by atoms with E-state index in [1.54, 1.807) is 17.4 Å². The number of halogens is 3. The summed E-state index contributed by atoms with van der Waals surface area (Å²) in [6.45, 7) is 4.80. The van der Waals surface area contributed by atoms with Crippen molar-refractivity contribution in [3.05, 3.63) is 53.1 Å². The second-order valence-electron chi connectivity index (χ2n) is 10.1. The van der Waals surface area contributed by atoms with Gasteiger partial charge in [0.15, 0.2) is 5.13 Å². The number of rotatable bonds is 6. The second-order valence-corrected chi connectivity index (χ2v) is 11.1. The van der Waals surface area contributed by atoms with Gasteiger partial charge in [-0.1, -0.05) is 17.4 Å². The largest absolute Gasteiger partial charge is 0.417 e. The summed E-state index contributed by atoms with van der Waals surface area (Å²) in [4.78, 5) is 21.6. The lowest BCUT2D eigenvalue weighted by Crippen LogP contribution is -2.50. The Morgan fingerprint density at radius 2 is 1.87 bits per heavy atom. The van der Waals surface area contributed by atoms with Crippen LogP contribution in [-0.4, -0.2) is 60.7 Å². The smallest absolute Gasteiger partial charge is 0.382 e. The van der Waals surface area contributed by atoms with E-state index in [0.29, 0.717) is 18.8 Å². The van der Waals surface area contributed by atoms with Crippen LogP contribution in [0.5, 0.6) is 0 Å². The number of alkyl halides is 3. The fourth-order valence-corrected chi connectivity index (χ4v) is 6.16. The Hall–Kier alpha value is -3.36. The van der Waals surface area contributed by atoms with Crippen LogP contribution in [0.25, 0.3) is 10.2 Å². The van der Waals surface area contributed by atoms with Crippen molar-refractivity contribution in [3.63, 3.8) is 0 Å². The first kappa shape index (κ1) is 27.2. The number of nitrogens with zero attached hydrogens (tertiary/aromatic N) is 4. The molecule has 1 amide bonds. The maximum atomic E-state index is 13.2. The number of hydrogen-bond acceptors (Lipinski definition) is 7. The number of thiazole rings is 1. The van der Waals surface area contributed by atoms with Crippen LogP contribution >= 0.6 is 11.3 Å². The van der Waals surface area contributed by atoms with Crippen molar-refractivity contribution >= 4 is 38.3 Å². The van der Waals surface area contributed by atoms with Crippen LogP contribution in [0.3, 0.4) is 0 Å². The summed E-state index contributed by atoms with van der Waals surface area (Å²) >= 11 is 1.67. The molecule has 0 spiro atoms. The van der Waals surface area contributed by atoms with Gasteiger partial charge in [0.25, 0.3) is 0 Å². The van der Waals surface area contributed by atoms with Crippen LogP contribution in [0.1, 0.15) is 42.4 Å². The Bertz CT molecular complexity index is 1370. The third-order valence-electron chi connectivity index (χ3n) is 7.37. The number of hydrogen-bond donors (Lipinski definition) is 1. The minimum atomic E-state index is -4.58. The van der Waals surface area contributed by atoms with Gasteiger partial charge in [0.2, 0.25) is 5.91 Å². The van der Waals surface area contributed by atoms with E-state index in [1.807, 2.05) is 4.90 Å². The molecule has 39 heavy (non-hydrogen) atoms. The van der Waals surface area contributed by atoms with Crippen LogP contribution in [0.4, 0.5) is 24.0 Å². The molecule has 1 aromatic heterocycles.